The molecule has 2 heterocycles. The number of nitrogens with one attached hydrogen (secondary N) is 3. The van der Waals surface area contributed by atoms with Crippen LogP contribution in [0.3, 0.4) is 0 Å². The van der Waals surface area contributed by atoms with Gasteiger partial charge in [-0.1, -0.05) is 26.0 Å². The molecular weight excluding hydrogens is 534 g/mol. The van der Waals surface area contributed by atoms with Crippen LogP contribution >= 0.6 is 7.14 Å². The summed E-state index contributed by atoms with van der Waals surface area (Å²) in [5, 5.41) is 6.00. The standard InChI is InChI=1S/C26H29F3N5O4P/c1-15(2)14-38-34-24(35)17-9-10-20(22-16(17)11-12-37-22)32-25-30-13-18(26(27,28)29)23(33-25)31-19-7-5-6-8-21(19)39(3,4)36/h5-10,13,15H,11-12,14H2,1-4H3,(H,34,35)(H2,30,31,32,33). The fraction of sp³-hybridized carbons (Fsp3) is 0.346. The summed E-state index contributed by atoms with van der Waals surface area (Å²) in [6.07, 6.45) is -3.61. The minimum atomic E-state index is -4.74. The van der Waals surface area contributed by atoms with E-state index in [1.807, 2.05) is 13.8 Å². The highest BCUT2D eigenvalue weighted by Crippen LogP contribution is 2.41. The number of anilines is 4. The Morgan fingerprint density at radius 2 is 1.87 bits per heavy atom. The van der Waals surface area contributed by atoms with Crippen LogP contribution in [0.4, 0.5) is 36.3 Å². The lowest BCUT2D eigenvalue weighted by molar-refractivity contribution is -0.137. The molecule has 0 unspecified atom stereocenters. The molecule has 2 aromatic carbocycles. The molecule has 0 radical (unpaired) electrons. The van der Waals surface area contributed by atoms with Gasteiger partial charge in [0.05, 0.1) is 24.6 Å². The number of alkyl halides is 3. The molecule has 0 saturated carbocycles. The highest BCUT2D eigenvalue weighted by Gasteiger charge is 2.36. The van der Waals surface area contributed by atoms with Crippen LogP contribution in [0.5, 0.6) is 5.75 Å². The van der Waals surface area contributed by atoms with Gasteiger partial charge in [0, 0.05) is 29.0 Å². The van der Waals surface area contributed by atoms with Crippen molar-refractivity contribution in [2.45, 2.75) is 26.4 Å². The van der Waals surface area contributed by atoms with Crippen molar-refractivity contribution < 1.29 is 32.1 Å². The molecule has 13 heteroatoms. The Hall–Kier alpha value is -3.63. The number of halogens is 3. The highest BCUT2D eigenvalue weighted by atomic mass is 31.2. The number of ether oxygens (including phenoxy) is 1. The summed E-state index contributed by atoms with van der Waals surface area (Å²) in [4.78, 5) is 25.8. The Morgan fingerprint density at radius 3 is 2.56 bits per heavy atom. The number of hydroxylamine groups is 1. The van der Waals surface area contributed by atoms with Crippen LogP contribution in [0.25, 0.3) is 0 Å². The molecule has 9 nitrogen and oxygen atoms in total. The van der Waals surface area contributed by atoms with Gasteiger partial charge < -0.3 is 19.9 Å². The van der Waals surface area contributed by atoms with E-state index in [2.05, 4.69) is 26.1 Å². The molecular formula is C26H29F3N5O4P. The van der Waals surface area contributed by atoms with Gasteiger partial charge in [-0.15, -0.1) is 0 Å². The lowest BCUT2D eigenvalue weighted by atomic mass is 10.0. The van der Waals surface area contributed by atoms with Gasteiger partial charge >= 0.3 is 6.18 Å². The van der Waals surface area contributed by atoms with Crippen LogP contribution < -0.4 is 26.2 Å². The van der Waals surface area contributed by atoms with E-state index in [0.717, 1.165) is 0 Å². The first-order chi connectivity index (χ1) is 18.3. The fourth-order valence-electron chi connectivity index (χ4n) is 3.98. The number of nitrogens with zero attached hydrogens (tertiary/aromatic N) is 2. The number of hydrogen-bond acceptors (Lipinski definition) is 8. The average Bonchev–Trinajstić information content (AvgIpc) is 3.33. The molecule has 1 aliphatic rings. The molecule has 3 N–H and O–H groups in total. The number of aromatic nitrogens is 2. The Kier molecular flexibility index (Phi) is 8.17. The van der Waals surface area contributed by atoms with E-state index in [4.69, 9.17) is 9.57 Å². The first kappa shape index (κ1) is 28.4. The number of rotatable bonds is 9. The summed E-state index contributed by atoms with van der Waals surface area (Å²) in [5.74, 6) is -0.446. The van der Waals surface area contributed by atoms with Gasteiger partial charge in [-0.3, -0.25) is 9.63 Å². The van der Waals surface area contributed by atoms with Crippen LogP contribution in [-0.2, 0) is 22.0 Å². The normalized spacial score (nSPS) is 13.1. The molecule has 208 valence electrons. The van der Waals surface area contributed by atoms with Gasteiger partial charge in [0.2, 0.25) is 5.95 Å². The van der Waals surface area contributed by atoms with E-state index in [0.29, 0.717) is 53.7 Å². The van der Waals surface area contributed by atoms with Gasteiger partial charge in [-0.05, 0) is 43.5 Å². The molecule has 1 aromatic heterocycles. The summed E-state index contributed by atoms with van der Waals surface area (Å²) in [6, 6.07) is 9.57. The first-order valence-corrected chi connectivity index (χ1v) is 14.8. The summed E-state index contributed by atoms with van der Waals surface area (Å²) in [7, 11) is -2.81. The molecule has 0 spiro atoms. The van der Waals surface area contributed by atoms with Crippen LogP contribution in [0.2, 0.25) is 0 Å². The lowest BCUT2D eigenvalue weighted by Crippen LogP contribution is -2.26. The maximum Gasteiger partial charge on any atom is 0.421 e. The maximum absolute atomic E-state index is 13.8. The molecule has 3 aromatic rings. The van der Waals surface area contributed by atoms with E-state index in [1.165, 1.54) is 13.3 Å². The summed E-state index contributed by atoms with van der Waals surface area (Å²) < 4.78 is 59.9. The second kappa shape index (κ2) is 11.2. The molecule has 0 aliphatic carbocycles. The van der Waals surface area contributed by atoms with Crippen molar-refractivity contribution in [2.24, 2.45) is 5.92 Å². The van der Waals surface area contributed by atoms with Gasteiger partial charge in [0.15, 0.2) is 0 Å². The number of hydrogen-bond donors (Lipinski definition) is 3. The molecule has 1 aliphatic heterocycles. The number of amides is 1. The smallest absolute Gasteiger partial charge is 0.421 e. The van der Waals surface area contributed by atoms with E-state index >= 15 is 0 Å². The second-order valence-electron chi connectivity index (χ2n) is 9.77. The highest BCUT2D eigenvalue weighted by molar-refractivity contribution is 7.70. The SMILES string of the molecule is CC(C)CONC(=O)c1ccc(Nc2ncc(C(F)(F)F)c(Nc3ccccc3P(C)(C)=O)n2)c2c1CCO2. The third-order valence-corrected chi connectivity index (χ3v) is 7.31. The Morgan fingerprint density at radius 1 is 1.13 bits per heavy atom. The van der Waals surface area contributed by atoms with E-state index in [1.54, 1.807) is 36.4 Å². The van der Waals surface area contributed by atoms with E-state index < -0.39 is 30.6 Å². The number of fused-ring (bicyclic) bond motifs is 1. The molecule has 4 rings (SSSR count). The Balaban J connectivity index is 1.65. The fourth-order valence-corrected chi connectivity index (χ4v) is 5.13. The predicted molar refractivity (Wildman–Crippen MR) is 143 cm³/mol. The minimum Gasteiger partial charge on any atom is -0.491 e. The van der Waals surface area contributed by atoms with Crippen molar-refractivity contribution in [1.29, 1.82) is 0 Å². The number of carbonyl (C=O) groups is 1. The monoisotopic (exact) mass is 563 g/mol. The quantitative estimate of drug-likeness (QED) is 0.232. The number of benzene rings is 2. The topological polar surface area (TPSA) is 114 Å². The van der Waals surface area contributed by atoms with E-state index in [9.17, 15) is 22.5 Å². The number of para-hydroxylation sites is 1. The summed E-state index contributed by atoms with van der Waals surface area (Å²) in [6.45, 7) is 7.65. The van der Waals surface area contributed by atoms with Crippen molar-refractivity contribution in [3.8, 4) is 5.75 Å². The van der Waals surface area contributed by atoms with Crippen LogP contribution in [-0.4, -0.2) is 42.4 Å². The predicted octanol–water partition coefficient (Wildman–Crippen LogP) is 5.48. The van der Waals surface area contributed by atoms with Crippen LogP contribution in [0.15, 0.2) is 42.6 Å². The summed E-state index contributed by atoms with van der Waals surface area (Å²) in [5.41, 5.74) is 2.98. The zero-order valence-electron chi connectivity index (χ0n) is 21.8. The van der Waals surface area contributed by atoms with Gasteiger partial charge in [-0.2, -0.15) is 18.2 Å². The largest absolute Gasteiger partial charge is 0.491 e. The molecule has 0 saturated heterocycles. The maximum atomic E-state index is 13.8. The van der Waals surface area contributed by atoms with Crippen molar-refractivity contribution in [3.05, 3.63) is 59.3 Å². The van der Waals surface area contributed by atoms with Gasteiger partial charge in [-0.25, -0.2) is 10.5 Å². The van der Waals surface area contributed by atoms with Crippen molar-refractivity contribution in [1.82, 2.24) is 15.4 Å². The zero-order valence-corrected chi connectivity index (χ0v) is 22.7. The third-order valence-electron chi connectivity index (χ3n) is 5.76. The zero-order chi connectivity index (χ0) is 28.4. The minimum absolute atomic E-state index is 0.130. The molecule has 39 heavy (non-hydrogen) atoms. The first-order valence-electron chi connectivity index (χ1n) is 12.2. The summed E-state index contributed by atoms with van der Waals surface area (Å²) >= 11 is 0. The van der Waals surface area contributed by atoms with Crippen molar-refractivity contribution in [3.63, 3.8) is 0 Å². The average molecular weight is 564 g/mol. The van der Waals surface area contributed by atoms with Crippen molar-refractivity contribution >= 4 is 41.5 Å². The molecule has 0 atom stereocenters. The molecule has 0 fully saturated rings. The number of carbonyl (C=O) groups excluding carboxylic acids is 1. The Labute approximate surface area is 223 Å². The van der Waals surface area contributed by atoms with Crippen LogP contribution in [0, 0.1) is 5.92 Å². The second-order valence-corrected chi connectivity index (χ2v) is 13.0. The molecule has 0 bridgehead atoms. The van der Waals surface area contributed by atoms with Gasteiger partial charge in [0.1, 0.15) is 24.3 Å². The lowest BCUT2D eigenvalue weighted by Gasteiger charge is -2.18. The van der Waals surface area contributed by atoms with Crippen LogP contribution in [0.1, 0.15) is 35.3 Å². The van der Waals surface area contributed by atoms with Crippen molar-refractivity contribution in [2.75, 3.05) is 37.2 Å². The Bertz CT molecular complexity index is 1430. The third kappa shape index (κ3) is 6.69. The van der Waals surface area contributed by atoms with Gasteiger partial charge in [0.25, 0.3) is 5.91 Å². The van der Waals surface area contributed by atoms with E-state index in [-0.39, 0.29) is 17.6 Å². The molecule has 1 amide bonds.